The van der Waals surface area contributed by atoms with Gasteiger partial charge in [0.05, 0.1) is 5.56 Å². The molecule has 0 aromatic carbocycles. The molecule has 0 spiro atoms. The number of rotatable bonds is 4. The fourth-order valence-corrected chi connectivity index (χ4v) is 1.45. The van der Waals surface area contributed by atoms with Crippen molar-refractivity contribution in [2.45, 2.75) is 27.2 Å². The second-order valence-corrected chi connectivity index (χ2v) is 5.87. The summed E-state index contributed by atoms with van der Waals surface area (Å²) < 4.78 is 0. The molecule has 0 saturated carbocycles. The van der Waals surface area contributed by atoms with Crippen LogP contribution in [-0.2, 0) is 0 Å². The summed E-state index contributed by atoms with van der Waals surface area (Å²) in [4.78, 5) is 17.5. The third-order valence-electron chi connectivity index (χ3n) is 2.60. The Labute approximate surface area is 109 Å². The summed E-state index contributed by atoms with van der Waals surface area (Å²) in [5.74, 6) is 0.790. The van der Waals surface area contributed by atoms with Gasteiger partial charge in [-0.2, -0.15) is 0 Å². The number of amides is 1. The van der Waals surface area contributed by atoms with E-state index in [1.165, 1.54) is 0 Å². The van der Waals surface area contributed by atoms with Gasteiger partial charge >= 0.3 is 0 Å². The number of hydrogen-bond donors (Lipinski definition) is 1. The van der Waals surface area contributed by atoms with E-state index in [0.717, 1.165) is 18.8 Å². The Morgan fingerprint density at radius 2 is 2.00 bits per heavy atom. The van der Waals surface area contributed by atoms with Crippen molar-refractivity contribution in [2.24, 2.45) is 5.41 Å². The highest BCUT2D eigenvalue weighted by Crippen LogP contribution is 2.18. The van der Waals surface area contributed by atoms with Gasteiger partial charge in [-0.25, -0.2) is 4.98 Å². The van der Waals surface area contributed by atoms with E-state index in [2.05, 4.69) is 31.1 Å². The van der Waals surface area contributed by atoms with Gasteiger partial charge in [-0.05, 0) is 24.0 Å². The number of pyridine rings is 1. The smallest absolute Gasteiger partial charge is 0.254 e. The minimum Gasteiger partial charge on any atom is -0.370 e. The van der Waals surface area contributed by atoms with Gasteiger partial charge < -0.3 is 10.2 Å². The first-order chi connectivity index (χ1) is 8.29. The summed E-state index contributed by atoms with van der Waals surface area (Å²) in [6, 6.07) is 3.65. The number of carbonyl (C=O) groups excluding carboxylic acids is 1. The van der Waals surface area contributed by atoms with Gasteiger partial charge in [-0.15, -0.1) is 0 Å². The Kier molecular flexibility index (Phi) is 4.70. The molecular formula is C14H23N3O. The lowest BCUT2D eigenvalue weighted by Crippen LogP contribution is -2.21. The van der Waals surface area contributed by atoms with Crippen LogP contribution in [0.3, 0.4) is 0 Å². The van der Waals surface area contributed by atoms with Crippen LogP contribution in [0.4, 0.5) is 5.82 Å². The first-order valence-corrected chi connectivity index (χ1v) is 6.21. The summed E-state index contributed by atoms with van der Waals surface area (Å²) in [7, 11) is 3.47. The minimum absolute atomic E-state index is 0.0243. The van der Waals surface area contributed by atoms with Crippen LogP contribution >= 0.6 is 0 Å². The minimum atomic E-state index is -0.0243. The molecule has 0 saturated heterocycles. The van der Waals surface area contributed by atoms with Crippen molar-refractivity contribution in [3.63, 3.8) is 0 Å². The molecule has 0 radical (unpaired) electrons. The molecule has 100 valence electrons. The van der Waals surface area contributed by atoms with Gasteiger partial charge in [0, 0.05) is 26.8 Å². The summed E-state index contributed by atoms with van der Waals surface area (Å²) in [6.45, 7) is 7.51. The molecule has 0 atom stereocenters. The summed E-state index contributed by atoms with van der Waals surface area (Å²) >= 11 is 0. The zero-order chi connectivity index (χ0) is 13.8. The van der Waals surface area contributed by atoms with Gasteiger partial charge in [0.15, 0.2) is 0 Å². The molecule has 1 aromatic rings. The summed E-state index contributed by atoms with van der Waals surface area (Å²) in [5.41, 5.74) is 0.926. The third-order valence-corrected chi connectivity index (χ3v) is 2.60. The van der Waals surface area contributed by atoms with E-state index in [1.807, 2.05) is 6.07 Å². The van der Waals surface area contributed by atoms with Crippen LogP contribution in [-0.4, -0.2) is 36.4 Å². The van der Waals surface area contributed by atoms with Crippen molar-refractivity contribution >= 4 is 11.7 Å². The zero-order valence-corrected chi connectivity index (χ0v) is 11.9. The molecule has 18 heavy (non-hydrogen) atoms. The monoisotopic (exact) mass is 249 g/mol. The lowest BCUT2D eigenvalue weighted by atomic mass is 9.92. The molecule has 4 nitrogen and oxygen atoms in total. The molecule has 1 amide bonds. The Bertz CT molecular complexity index is 390. The summed E-state index contributed by atoms with van der Waals surface area (Å²) in [6.07, 6.45) is 2.69. The Balaban J connectivity index is 2.53. The molecular weight excluding hydrogens is 226 g/mol. The predicted molar refractivity (Wildman–Crippen MR) is 74.8 cm³/mol. The zero-order valence-electron chi connectivity index (χ0n) is 11.9. The molecule has 0 aliphatic carbocycles. The van der Waals surface area contributed by atoms with E-state index < -0.39 is 0 Å². The number of carbonyl (C=O) groups is 1. The molecule has 1 heterocycles. The van der Waals surface area contributed by atoms with E-state index in [4.69, 9.17) is 0 Å². The van der Waals surface area contributed by atoms with E-state index >= 15 is 0 Å². The Morgan fingerprint density at radius 3 is 2.44 bits per heavy atom. The molecule has 1 aromatic heterocycles. The van der Waals surface area contributed by atoms with Crippen LogP contribution in [0, 0.1) is 5.41 Å². The quantitative estimate of drug-likeness (QED) is 0.892. The molecule has 0 bridgehead atoms. The van der Waals surface area contributed by atoms with Crippen LogP contribution in [0.25, 0.3) is 0 Å². The number of aromatic nitrogens is 1. The van der Waals surface area contributed by atoms with E-state index in [-0.39, 0.29) is 5.91 Å². The average molecular weight is 249 g/mol. The van der Waals surface area contributed by atoms with E-state index in [0.29, 0.717) is 11.0 Å². The third kappa shape index (κ3) is 4.73. The second kappa shape index (κ2) is 5.85. The molecule has 1 rings (SSSR count). The summed E-state index contributed by atoms with van der Waals surface area (Å²) in [5, 5.41) is 3.26. The predicted octanol–water partition coefficient (Wildman–Crippen LogP) is 2.63. The number of nitrogens with one attached hydrogen (secondary N) is 1. The van der Waals surface area contributed by atoms with Crippen molar-refractivity contribution in [3.8, 4) is 0 Å². The van der Waals surface area contributed by atoms with Gasteiger partial charge in [0.2, 0.25) is 0 Å². The van der Waals surface area contributed by atoms with Gasteiger partial charge in [-0.1, -0.05) is 20.8 Å². The van der Waals surface area contributed by atoms with Crippen LogP contribution < -0.4 is 5.32 Å². The average Bonchev–Trinajstić information content (AvgIpc) is 2.27. The maximum atomic E-state index is 11.7. The van der Waals surface area contributed by atoms with E-state index in [9.17, 15) is 4.79 Å². The van der Waals surface area contributed by atoms with Gasteiger partial charge in [-0.3, -0.25) is 4.79 Å². The maximum Gasteiger partial charge on any atom is 0.254 e. The Morgan fingerprint density at radius 1 is 1.33 bits per heavy atom. The first-order valence-electron chi connectivity index (χ1n) is 6.21. The van der Waals surface area contributed by atoms with Crippen molar-refractivity contribution in [1.29, 1.82) is 0 Å². The highest BCUT2D eigenvalue weighted by Gasteiger charge is 2.10. The highest BCUT2D eigenvalue weighted by atomic mass is 16.2. The molecule has 1 N–H and O–H groups in total. The van der Waals surface area contributed by atoms with Gasteiger partial charge in [0.1, 0.15) is 5.82 Å². The number of hydrogen-bond acceptors (Lipinski definition) is 3. The van der Waals surface area contributed by atoms with Crippen molar-refractivity contribution in [2.75, 3.05) is 26.0 Å². The van der Waals surface area contributed by atoms with Crippen molar-refractivity contribution in [3.05, 3.63) is 23.9 Å². The molecule has 0 fully saturated rings. The highest BCUT2D eigenvalue weighted by molar-refractivity contribution is 5.93. The second-order valence-electron chi connectivity index (χ2n) is 5.87. The fourth-order valence-electron chi connectivity index (χ4n) is 1.45. The number of nitrogens with zero attached hydrogens (tertiary/aromatic N) is 2. The van der Waals surface area contributed by atoms with Crippen LogP contribution in [0.5, 0.6) is 0 Å². The van der Waals surface area contributed by atoms with Crippen molar-refractivity contribution in [1.82, 2.24) is 9.88 Å². The normalized spacial score (nSPS) is 11.2. The molecule has 0 unspecified atom stereocenters. The number of anilines is 1. The first kappa shape index (κ1) is 14.5. The standard InChI is InChI=1S/C14H23N3O/c1-14(2,3)8-9-15-12-7-6-11(10-16-12)13(18)17(4)5/h6-7,10H,8-9H2,1-5H3,(H,15,16). The lowest BCUT2D eigenvalue weighted by molar-refractivity contribution is 0.0827. The van der Waals surface area contributed by atoms with Crippen LogP contribution in [0.2, 0.25) is 0 Å². The van der Waals surface area contributed by atoms with Crippen LogP contribution in [0.15, 0.2) is 18.3 Å². The molecule has 0 aliphatic heterocycles. The largest absolute Gasteiger partial charge is 0.370 e. The molecule has 4 heteroatoms. The van der Waals surface area contributed by atoms with E-state index in [1.54, 1.807) is 31.3 Å². The lowest BCUT2D eigenvalue weighted by Gasteiger charge is -2.18. The molecule has 0 aliphatic rings. The fraction of sp³-hybridized carbons (Fsp3) is 0.571. The maximum absolute atomic E-state index is 11.7. The van der Waals surface area contributed by atoms with Gasteiger partial charge in [0.25, 0.3) is 5.91 Å². The Hall–Kier alpha value is -1.58. The van der Waals surface area contributed by atoms with Crippen LogP contribution in [0.1, 0.15) is 37.6 Å². The SMILES string of the molecule is CN(C)C(=O)c1ccc(NCCC(C)(C)C)nc1. The topological polar surface area (TPSA) is 45.2 Å². The van der Waals surface area contributed by atoms with Crippen molar-refractivity contribution < 1.29 is 4.79 Å².